The van der Waals surface area contributed by atoms with Crippen molar-refractivity contribution in [3.8, 4) is 0 Å². The highest BCUT2D eigenvalue weighted by Gasteiger charge is 2.30. The summed E-state index contributed by atoms with van der Waals surface area (Å²) in [7, 11) is 0. The van der Waals surface area contributed by atoms with Gasteiger partial charge in [-0.1, -0.05) is 6.08 Å². The molecular weight excluding hydrogens is 391 g/mol. The Morgan fingerprint density at radius 1 is 1.21 bits per heavy atom. The first-order valence-electron chi connectivity index (χ1n) is 8.07. The first-order valence-corrected chi connectivity index (χ1v) is 8.48. The van der Waals surface area contributed by atoms with Gasteiger partial charge in [-0.2, -0.15) is 13.2 Å². The molecule has 0 saturated heterocycles. The van der Waals surface area contributed by atoms with Gasteiger partial charge in [0.05, 0.1) is 16.5 Å². The second-order valence-corrected chi connectivity index (χ2v) is 6.31. The molecule has 2 N–H and O–H groups in total. The summed E-state index contributed by atoms with van der Waals surface area (Å²) in [6, 6.07) is 8.52. The van der Waals surface area contributed by atoms with Crippen LogP contribution in [0.5, 0.6) is 0 Å². The molecule has 2 aromatic carbocycles. The molecule has 3 rings (SSSR count). The van der Waals surface area contributed by atoms with Crippen molar-refractivity contribution in [2.24, 2.45) is 0 Å². The average molecular weight is 405 g/mol. The molecule has 5 nitrogen and oxygen atoms in total. The van der Waals surface area contributed by atoms with E-state index < -0.39 is 17.6 Å². The zero-order chi connectivity index (χ0) is 20.5. The summed E-state index contributed by atoms with van der Waals surface area (Å²) in [5.74, 6) is -0.531. The van der Waals surface area contributed by atoms with E-state index in [2.05, 4.69) is 16.9 Å². The van der Waals surface area contributed by atoms with Crippen LogP contribution in [-0.4, -0.2) is 15.5 Å². The molecule has 0 unspecified atom stereocenters. The van der Waals surface area contributed by atoms with Gasteiger partial charge in [-0.25, -0.2) is 0 Å². The number of carbonyl (C=O) groups excluding carboxylic acids is 1. The van der Waals surface area contributed by atoms with E-state index in [-0.39, 0.29) is 28.1 Å². The van der Waals surface area contributed by atoms with Crippen LogP contribution < -0.4 is 10.9 Å². The third kappa shape index (κ3) is 3.89. The second-order valence-electron chi connectivity index (χ2n) is 5.92. The molecule has 1 aromatic heterocycles. The summed E-state index contributed by atoms with van der Waals surface area (Å²) in [6.45, 7) is 3.83. The number of aromatic nitrogens is 2. The summed E-state index contributed by atoms with van der Waals surface area (Å²) >= 11 is 5.16. The largest absolute Gasteiger partial charge is 0.416 e. The zero-order valence-corrected chi connectivity index (χ0v) is 15.2. The Labute approximate surface area is 162 Å². The zero-order valence-electron chi connectivity index (χ0n) is 14.3. The number of hydrogen-bond acceptors (Lipinski definition) is 3. The van der Waals surface area contributed by atoms with E-state index in [1.807, 2.05) is 0 Å². The number of H-pyrrole nitrogens is 1. The van der Waals surface area contributed by atoms with Crippen LogP contribution in [0.1, 0.15) is 15.9 Å². The number of anilines is 1. The fourth-order valence-corrected chi connectivity index (χ4v) is 2.90. The summed E-state index contributed by atoms with van der Waals surface area (Å²) in [5.41, 5.74) is -0.297. The number of amides is 1. The maximum Gasteiger partial charge on any atom is 0.416 e. The first kappa shape index (κ1) is 19.6. The number of carbonyl (C=O) groups is 1. The molecule has 0 fully saturated rings. The Balaban J connectivity index is 1.90. The number of aromatic amines is 1. The van der Waals surface area contributed by atoms with Gasteiger partial charge in [0.1, 0.15) is 0 Å². The highest BCUT2D eigenvalue weighted by Crippen LogP contribution is 2.29. The molecule has 28 heavy (non-hydrogen) atoms. The van der Waals surface area contributed by atoms with Crippen LogP contribution >= 0.6 is 12.2 Å². The number of nitrogens with zero attached hydrogens (tertiary/aromatic N) is 1. The number of nitrogens with one attached hydrogen (secondary N) is 2. The maximum absolute atomic E-state index is 12.6. The molecule has 0 saturated carbocycles. The molecule has 1 heterocycles. The lowest BCUT2D eigenvalue weighted by molar-refractivity contribution is -0.137. The number of fused-ring (bicyclic) bond motifs is 1. The quantitative estimate of drug-likeness (QED) is 0.496. The van der Waals surface area contributed by atoms with E-state index in [1.54, 1.807) is 6.08 Å². The van der Waals surface area contributed by atoms with Gasteiger partial charge in [0, 0.05) is 17.8 Å². The molecule has 0 aliphatic carbocycles. The minimum Gasteiger partial charge on any atom is -0.332 e. The Morgan fingerprint density at radius 2 is 1.89 bits per heavy atom. The molecule has 0 atom stereocenters. The Morgan fingerprint density at radius 3 is 2.50 bits per heavy atom. The number of allylic oxidation sites excluding steroid dienone is 1. The van der Waals surface area contributed by atoms with Crippen LogP contribution in [0, 0.1) is 4.77 Å². The highest BCUT2D eigenvalue weighted by atomic mass is 32.1. The molecule has 0 bridgehead atoms. The van der Waals surface area contributed by atoms with Crippen LogP contribution in [-0.2, 0) is 12.7 Å². The van der Waals surface area contributed by atoms with Crippen molar-refractivity contribution in [3.63, 3.8) is 0 Å². The SMILES string of the molecule is C=CCn1c(=S)[nH]c2cc(C(=O)Nc3ccc(C(F)(F)F)cc3)ccc2c1=O. The average Bonchev–Trinajstić information content (AvgIpc) is 2.64. The van der Waals surface area contributed by atoms with Crippen molar-refractivity contribution in [1.82, 2.24) is 9.55 Å². The lowest BCUT2D eigenvalue weighted by atomic mass is 10.1. The Bertz CT molecular complexity index is 1180. The normalized spacial score (nSPS) is 11.4. The molecule has 9 heteroatoms. The second kappa shape index (κ2) is 7.43. The van der Waals surface area contributed by atoms with Crippen LogP contribution in [0.15, 0.2) is 59.9 Å². The van der Waals surface area contributed by atoms with Gasteiger partial charge in [0.25, 0.3) is 11.5 Å². The maximum atomic E-state index is 12.6. The number of hydrogen-bond donors (Lipinski definition) is 2. The smallest absolute Gasteiger partial charge is 0.332 e. The highest BCUT2D eigenvalue weighted by molar-refractivity contribution is 7.71. The first-order chi connectivity index (χ1) is 13.2. The third-order valence-corrected chi connectivity index (χ3v) is 4.35. The van der Waals surface area contributed by atoms with E-state index in [1.165, 1.54) is 34.9 Å². The van der Waals surface area contributed by atoms with Crippen LogP contribution in [0.25, 0.3) is 10.9 Å². The van der Waals surface area contributed by atoms with Crippen molar-refractivity contribution >= 4 is 34.7 Å². The van der Waals surface area contributed by atoms with Gasteiger partial charge in [-0.15, -0.1) is 6.58 Å². The molecule has 0 aliphatic rings. The Kier molecular flexibility index (Phi) is 5.19. The topological polar surface area (TPSA) is 66.9 Å². The van der Waals surface area contributed by atoms with Crippen LogP contribution in [0.3, 0.4) is 0 Å². The Hall–Kier alpha value is -3.20. The van der Waals surface area contributed by atoms with Crippen molar-refractivity contribution in [1.29, 1.82) is 0 Å². The van der Waals surface area contributed by atoms with Gasteiger partial charge in [-0.05, 0) is 54.7 Å². The monoisotopic (exact) mass is 405 g/mol. The van der Waals surface area contributed by atoms with Crippen molar-refractivity contribution in [2.45, 2.75) is 12.7 Å². The van der Waals surface area contributed by atoms with E-state index in [9.17, 15) is 22.8 Å². The lowest BCUT2D eigenvalue weighted by Gasteiger charge is -2.10. The van der Waals surface area contributed by atoms with E-state index in [0.29, 0.717) is 10.9 Å². The van der Waals surface area contributed by atoms with Crippen molar-refractivity contribution < 1.29 is 18.0 Å². The third-order valence-electron chi connectivity index (χ3n) is 4.03. The van der Waals surface area contributed by atoms with Gasteiger partial charge < -0.3 is 10.3 Å². The van der Waals surface area contributed by atoms with Crippen LogP contribution in [0.4, 0.5) is 18.9 Å². The lowest BCUT2D eigenvalue weighted by Crippen LogP contribution is -2.22. The molecular formula is C19H14F3N3O2S. The fraction of sp³-hybridized carbons (Fsp3) is 0.105. The predicted octanol–water partition coefficient (Wildman–Crippen LogP) is 4.52. The minimum absolute atomic E-state index is 0.192. The summed E-state index contributed by atoms with van der Waals surface area (Å²) < 4.78 is 39.3. The molecule has 0 spiro atoms. The fourth-order valence-electron chi connectivity index (χ4n) is 2.64. The van der Waals surface area contributed by atoms with E-state index in [4.69, 9.17) is 12.2 Å². The minimum atomic E-state index is -4.45. The van der Waals surface area contributed by atoms with Crippen molar-refractivity contribution in [3.05, 3.63) is 81.4 Å². The predicted molar refractivity (Wildman–Crippen MR) is 103 cm³/mol. The molecule has 1 amide bonds. The van der Waals surface area contributed by atoms with Gasteiger partial charge >= 0.3 is 6.18 Å². The van der Waals surface area contributed by atoms with Gasteiger partial charge in [-0.3, -0.25) is 14.2 Å². The molecule has 0 radical (unpaired) electrons. The molecule has 144 valence electrons. The van der Waals surface area contributed by atoms with E-state index in [0.717, 1.165) is 12.1 Å². The summed E-state index contributed by atoms with van der Waals surface area (Å²) in [4.78, 5) is 27.8. The molecule has 3 aromatic rings. The number of rotatable bonds is 4. The number of alkyl halides is 3. The summed E-state index contributed by atoms with van der Waals surface area (Å²) in [6.07, 6.45) is -2.90. The van der Waals surface area contributed by atoms with Gasteiger partial charge in [0.2, 0.25) is 0 Å². The standard InChI is InChI=1S/C19H14F3N3O2S/c1-2-9-25-17(27)14-8-3-11(10-15(14)24-18(25)28)16(26)23-13-6-4-12(5-7-13)19(20,21)22/h2-8,10H,1,9H2,(H,23,26)(H,24,28). The van der Waals surface area contributed by atoms with Crippen molar-refractivity contribution in [2.75, 3.05) is 5.32 Å². The number of halogens is 3. The van der Waals surface area contributed by atoms with E-state index >= 15 is 0 Å². The molecule has 0 aliphatic heterocycles. The van der Waals surface area contributed by atoms with Crippen LogP contribution in [0.2, 0.25) is 0 Å². The summed E-state index contributed by atoms with van der Waals surface area (Å²) in [5, 5.41) is 2.87. The number of benzene rings is 2. The van der Waals surface area contributed by atoms with Gasteiger partial charge in [0.15, 0.2) is 4.77 Å².